The maximum atomic E-state index is 5.60. The van der Waals surface area contributed by atoms with Crippen LogP contribution in [0.1, 0.15) is 0 Å². The van der Waals surface area contributed by atoms with Crippen LogP contribution in [-0.2, 0) is 9.05 Å². The van der Waals surface area contributed by atoms with Crippen molar-refractivity contribution in [2.24, 2.45) is 14.5 Å². The molecule has 14 heavy (non-hydrogen) atoms. The van der Waals surface area contributed by atoms with Gasteiger partial charge in [0.05, 0.1) is 0 Å². The Kier molecular flexibility index (Phi) is 3.97. The summed E-state index contributed by atoms with van der Waals surface area (Å²) in [5, 5.41) is 0. The van der Waals surface area contributed by atoms with E-state index in [9.17, 15) is 0 Å². The third kappa shape index (κ3) is 2.69. The summed E-state index contributed by atoms with van der Waals surface area (Å²) >= 11 is 16.8. The van der Waals surface area contributed by atoms with Crippen molar-refractivity contribution in [1.29, 1.82) is 0 Å². The van der Waals surface area contributed by atoms with Gasteiger partial charge in [0.1, 0.15) is 6.34 Å². The lowest BCUT2D eigenvalue weighted by Crippen LogP contribution is -2.18. The molecule has 0 aromatic rings. The summed E-state index contributed by atoms with van der Waals surface area (Å²) in [6, 6.07) is 0. The largest absolute Gasteiger partial charge is 0.343 e. The standard InChI is InChI=1S/C5H7Cl3N3O2P/c1-12-14(13-2)10-3-9-4(11-14)5(6,7)8/h3H,1-2H3. The van der Waals surface area contributed by atoms with E-state index in [4.69, 9.17) is 43.9 Å². The van der Waals surface area contributed by atoms with Crippen LogP contribution in [0.15, 0.2) is 14.5 Å². The van der Waals surface area contributed by atoms with Crippen molar-refractivity contribution in [3.05, 3.63) is 0 Å². The maximum Gasteiger partial charge on any atom is 0.343 e. The number of alkyl halides is 3. The Morgan fingerprint density at radius 2 is 1.86 bits per heavy atom. The Labute approximate surface area is 96.3 Å². The van der Waals surface area contributed by atoms with E-state index in [1.807, 2.05) is 0 Å². The Bertz CT molecular complexity index is 328. The molecule has 1 heterocycles. The summed E-state index contributed by atoms with van der Waals surface area (Å²) in [6.45, 7) is 0. The van der Waals surface area contributed by atoms with Crippen molar-refractivity contribution < 1.29 is 9.05 Å². The third-order valence-corrected chi connectivity index (χ3v) is 3.62. The van der Waals surface area contributed by atoms with Crippen LogP contribution < -0.4 is 0 Å². The first-order valence-electron chi connectivity index (χ1n) is 3.36. The first kappa shape index (κ1) is 12.4. The number of hydrogen-bond donors (Lipinski definition) is 0. The second kappa shape index (κ2) is 4.47. The molecule has 0 aliphatic carbocycles. The van der Waals surface area contributed by atoms with Crippen LogP contribution in [0, 0.1) is 0 Å². The van der Waals surface area contributed by atoms with Crippen LogP contribution in [0.4, 0.5) is 0 Å². The number of hydrogen-bond acceptors (Lipinski definition) is 5. The fourth-order valence-corrected chi connectivity index (χ4v) is 2.32. The highest BCUT2D eigenvalue weighted by atomic mass is 35.6. The summed E-state index contributed by atoms with van der Waals surface area (Å²) in [5.74, 6) is 0.00883. The highest BCUT2D eigenvalue weighted by Gasteiger charge is 2.33. The number of halogens is 3. The van der Waals surface area contributed by atoms with Gasteiger partial charge in [-0.2, -0.15) is 9.51 Å². The van der Waals surface area contributed by atoms with Gasteiger partial charge >= 0.3 is 7.66 Å². The van der Waals surface area contributed by atoms with Crippen molar-refractivity contribution in [1.82, 2.24) is 0 Å². The van der Waals surface area contributed by atoms with Crippen LogP contribution in [0.25, 0.3) is 0 Å². The second-order valence-corrected chi connectivity index (χ2v) is 6.56. The predicted molar refractivity (Wildman–Crippen MR) is 59.6 cm³/mol. The van der Waals surface area contributed by atoms with Gasteiger partial charge in [0.25, 0.3) is 0 Å². The lowest BCUT2D eigenvalue weighted by molar-refractivity contribution is 0.329. The van der Waals surface area contributed by atoms with Gasteiger partial charge in [0.2, 0.25) is 3.79 Å². The zero-order chi connectivity index (χ0) is 10.8. The SMILES string of the molecule is COP1(OC)=NC(C(Cl)(Cl)Cl)=NC=N1. The molecule has 0 amide bonds. The summed E-state index contributed by atoms with van der Waals surface area (Å²) < 4.78 is 16.2. The van der Waals surface area contributed by atoms with E-state index in [1.165, 1.54) is 20.6 Å². The molecule has 0 aromatic carbocycles. The van der Waals surface area contributed by atoms with Crippen molar-refractivity contribution in [2.75, 3.05) is 14.2 Å². The molecule has 0 saturated heterocycles. The van der Waals surface area contributed by atoms with Crippen LogP contribution in [0.2, 0.25) is 0 Å². The zero-order valence-electron chi connectivity index (χ0n) is 7.32. The average Bonchev–Trinajstić information content (AvgIpc) is 2.16. The minimum atomic E-state index is -2.69. The molecule has 0 N–H and O–H groups in total. The molecule has 0 spiro atoms. The molecule has 80 valence electrons. The van der Waals surface area contributed by atoms with Gasteiger partial charge in [-0.05, 0) is 0 Å². The molecule has 0 bridgehead atoms. The molecule has 9 heteroatoms. The van der Waals surface area contributed by atoms with Crippen molar-refractivity contribution in [3.8, 4) is 0 Å². The molecule has 0 atom stereocenters. The Morgan fingerprint density at radius 1 is 1.29 bits per heavy atom. The van der Waals surface area contributed by atoms with E-state index < -0.39 is 11.5 Å². The zero-order valence-corrected chi connectivity index (χ0v) is 10.5. The van der Waals surface area contributed by atoms with E-state index in [1.54, 1.807) is 0 Å². The predicted octanol–water partition coefficient (Wildman–Crippen LogP) is 3.04. The van der Waals surface area contributed by atoms with Crippen molar-refractivity contribution >= 4 is 54.6 Å². The molecule has 0 radical (unpaired) electrons. The number of nitrogens with zero attached hydrogens (tertiary/aromatic N) is 3. The van der Waals surface area contributed by atoms with Crippen molar-refractivity contribution in [3.63, 3.8) is 0 Å². The summed E-state index contributed by atoms with van der Waals surface area (Å²) in [6.07, 6.45) is 1.21. The average molecular weight is 278 g/mol. The third-order valence-electron chi connectivity index (χ3n) is 1.33. The highest BCUT2D eigenvalue weighted by molar-refractivity contribution is 7.55. The normalized spacial score (nSPS) is 20.2. The first-order chi connectivity index (χ1) is 6.43. The minimum Gasteiger partial charge on any atom is -0.310 e. The Morgan fingerprint density at radius 3 is 2.29 bits per heavy atom. The van der Waals surface area contributed by atoms with Gasteiger partial charge in [0.15, 0.2) is 5.84 Å². The van der Waals surface area contributed by atoms with Gasteiger partial charge < -0.3 is 9.05 Å². The van der Waals surface area contributed by atoms with Crippen LogP contribution >= 0.6 is 42.5 Å². The smallest absolute Gasteiger partial charge is 0.310 e. The molecule has 0 unspecified atom stereocenters. The molecule has 0 saturated carbocycles. The Balaban J connectivity index is 3.12. The minimum absolute atomic E-state index is 0.00883. The van der Waals surface area contributed by atoms with E-state index in [0.29, 0.717) is 0 Å². The van der Waals surface area contributed by atoms with E-state index in [-0.39, 0.29) is 5.84 Å². The summed E-state index contributed by atoms with van der Waals surface area (Å²) in [5.41, 5.74) is 0. The Hall–Kier alpha value is 0.360. The molecule has 1 aliphatic rings. The molecule has 0 fully saturated rings. The monoisotopic (exact) mass is 277 g/mol. The molecular weight excluding hydrogens is 271 g/mol. The molecule has 5 nitrogen and oxygen atoms in total. The summed E-state index contributed by atoms with van der Waals surface area (Å²) in [4.78, 5) is 3.72. The van der Waals surface area contributed by atoms with E-state index >= 15 is 0 Å². The van der Waals surface area contributed by atoms with E-state index in [2.05, 4.69) is 14.5 Å². The molecular formula is C5H7Cl3N3O2P. The second-order valence-electron chi connectivity index (χ2n) is 2.14. The van der Waals surface area contributed by atoms with Gasteiger partial charge in [0, 0.05) is 14.2 Å². The quantitative estimate of drug-likeness (QED) is 0.576. The summed E-state index contributed by atoms with van der Waals surface area (Å²) in [7, 11) is 0.138. The molecule has 1 aliphatic heterocycles. The van der Waals surface area contributed by atoms with Gasteiger partial charge in [-0.1, -0.05) is 34.8 Å². The topological polar surface area (TPSA) is 55.5 Å². The van der Waals surface area contributed by atoms with Crippen LogP contribution in [0.3, 0.4) is 0 Å². The molecule has 1 rings (SSSR count). The van der Waals surface area contributed by atoms with Crippen molar-refractivity contribution in [2.45, 2.75) is 3.79 Å². The maximum absolute atomic E-state index is 5.60. The van der Waals surface area contributed by atoms with Gasteiger partial charge in [-0.15, -0.1) is 0 Å². The van der Waals surface area contributed by atoms with Gasteiger partial charge in [-0.25, -0.2) is 4.99 Å². The highest BCUT2D eigenvalue weighted by Crippen LogP contribution is 2.54. The first-order valence-corrected chi connectivity index (χ1v) is 6.03. The number of amidine groups is 1. The number of rotatable bonds is 2. The fourth-order valence-electron chi connectivity index (χ4n) is 0.697. The van der Waals surface area contributed by atoms with Crippen LogP contribution in [-0.4, -0.2) is 30.2 Å². The fraction of sp³-hybridized carbons (Fsp3) is 0.600. The number of aliphatic imine (C=N–C) groups is 1. The van der Waals surface area contributed by atoms with Crippen LogP contribution in [0.5, 0.6) is 0 Å². The van der Waals surface area contributed by atoms with Gasteiger partial charge in [-0.3, -0.25) is 0 Å². The van der Waals surface area contributed by atoms with E-state index in [0.717, 1.165) is 0 Å². The lowest BCUT2D eigenvalue weighted by Gasteiger charge is -2.19. The molecule has 0 aromatic heterocycles. The lowest BCUT2D eigenvalue weighted by atomic mass is 10.7.